The summed E-state index contributed by atoms with van der Waals surface area (Å²) in [5.41, 5.74) is 0.0943. The number of para-hydroxylation sites is 3. The number of hydrogen-bond donors (Lipinski definition) is 1. The Bertz CT molecular complexity index is 998. The van der Waals surface area contributed by atoms with Crippen LogP contribution in [0.1, 0.15) is 13.8 Å². The fourth-order valence-electron chi connectivity index (χ4n) is 4.20. The van der Waals surface area contributed by atoms with Gasteiger partial charge in [0.05, 0.1) is 11.4 Å². The third kappa shape index (κ3) is 4.75. The Labute approximate surface area is 194 Å². The first-order chi connectivity index (χ1) is 13.8. The first-order valence-electron chi connectivity index (χ1n) is 9.63. The summed E-state index contributed by atoms with van der Waals surface area (Å²) in [6, 6.07) is 10.6. The summed E-state index contributed by atoms with van der Waals surface area (Å²) in [5.74, 6) is -1.84. The van der Waals surface area contributed by atoms with Crippen molar-refractivity contribution in [2.75, 3.05) is 34.8 Å². The van der Waals surface area contributed by atoms with Gasteiger partial charge in [-0.3, -0.25) is 4.90 Å². The maximum absolute atomic E-state index is 14.4. The van der Waals surface area contributed by atoms with Crippen LogP contribution >= 0.6 is 24.8 Å². The van der Waals surface area contributed by atoms with Gasteiger partial charge in [0.25, 0.3) is 0 Å². The molecule has 1 N–H and O–H groups in total. The Morgan fingerprint density at radius 1 is 0.903 bits per heavy atom. The lowest BCUT2D eigenvalue weighted by Gasteiger charge is -2.36. The number of nitrogens with one attached hydrogen (secondary N) is 1. The number of piperazine rings is 1. The highest BCUT2D eigenvalue weighted by atomic mass is 35.5. The van der Waals surface area contributed by atoms with Crippen LogP contribution < -0.4 is 13.9 Å². The van der Waals surface area contributed by atoms with Crippen molar-refractivity contribution in [3.63, 3.8) is 0 Å². The second-order valence-corrected chi connectivity index (χ2v) is 9.33. The standard InChI is InChI=1S/C20H24F2N4O2S.2ClH/c1-14-12-24(13-15(2)23-14)10-11-25-18-8-3-4-9-19(18)26(29(25,27)28)20-16(21)6-5-7-17(20)22;;/h3-9,14-15,23H,10-13H2,1-2H3;2*1H/t14-,15+;;. The molecule has 0 saturated carbocycles. The van der Waals surface area contributed by atoms with E-state index >= 15 is 0 Å². The van der Waals surface area contributed by atoms with Crippen molar-refractivity contribution in [1.29, 1.82) is 0 Å². The van der Waals surface area contributed by atoms with Gasteiger partial charge in [-0.2, -0.15) is 8.42 Å². The van der Waals surface area contributed by atoms with E-state index in [0.717, 1.165) is 29.5 Å². The quantitative estimate of drug-likeness (QED) is 0.703. The molecule has 1 fully saturated rings. The average Bonchev–Trinajstić information content (AvgIpc) is 2.86. The highest BCUT2D eigenvalue weighted by Gasteiger charge is 2.43. The van der Waals surface area contributed by atoms with E-state index in [0.29, 0.717) is 24.3 Å². The van der Waals surface area contributed by atoms with E-state index in [-0.39, 0.29) is 37.0 Å². The molecular weight excluding hydrogens is 469 g/mol. The first kappa shape index (κ1) is 25.6. The van der Waals surface area contributed by atoms with Crippen molar-refractivity contribution in [1.82, 2.24) is 10.2 Å². The summed E-state index contributed by atoms with van der Waals surface area (Å²) in [4.78, 5) is 2.20. The molecule has 0 amide bonds. The summed E-state index contributed by atoms with van der Waals surface area (Å²) < 4.78 is 57.6. The molecule has 2 aromatic carbocycles. The van der Waals surface area contributed by atoms with E-state index in [1.165, 1.54) is 10.4 Å². The van der Waals surface area contributed by atoms with Crippen LogP contribution in [0.25, 0.3) is 0 Å². The molecule has 2 aromatic rings. The molecule has 172 valence electrons. The summed E-state index contributed by atoms with van der Waals surface area (Å²) in [7, 11) is -4.17. The number of fused-ring (bicyclic) bond motifs is 1. The normalized spacial score (nSPS) is 22.5. The van der Waals surface area contributed by atoms with Crippen molar-refractivity contribution < 1.29 is 17.2 Å². The molecule has 0 aliphatic carbocycles. The Morgan fingerprint density at radius 3 is 2.03 bits per heavy atom. The van der Waals surface area contributed by atoms with Crippen LogP contribution in [-0.2, 0) is 10.2 Å². The molecule has 31 heavy (non-hydrogen) atoms. The van der Waals surface area contributed by atoms with E-state index in [1.54, 1.807) is 24.3 Å². The smallest absolute Gasteiger partial charge is 0.309 e. The Balaban J connectivity index is 0.00000171. The van der Waals surface area contributed by atoms with Gasteiger partial charge in [0.1, 0.15) is 5.69 Å². The molecule has 2 atom stereocenters. The number of benzene rings is 2. The van der Waals surface area contributed by atoms with Gasteiger partial charge in [-0.1, -0.05) is 18.2 Å². The van der Waals surface area contributed by atoms with E-state index in [9.17, 15) is 17.2 Å². The minimum Gasteiger partial charge on any atom is -0.309 e. The van der Waals surface area contributed by atoms with Crippen LogP contribution in [-0.4, -0.2) is 51.6 Å². The molecule has 0 bridgehead atoms. The van der Waals surface area contributed by atoms with Gasteiger partial charge in [-0.25, -0.2) is 17.4 Å². The molecule has 6 nitrogen and oxygen atoms in total. The minimum atomic E-state index is -4.17. The Morgan fingerprint density at radius 2 is 1.45 bits per heavy atom. The number of hydrogen-bond acceptors (Lipinski definition) is 4. The van der Waals surface area contributed by atoms with Crippen molar-refractivity contribution in [3.05, 3.63) is 54.1 Å². The lowest BCUT2D eigenvalue weighted by molar-refractivity contribution is 0.178. The average molecular weight is 495 g/mol. The SMILES string of the molecule is C[C@@H]1CN(CCN2c3ccccc3N(c3c(F)cccc3F)S2(=O)=O)C[C@H](C)N1.Cl.Cl. The van der Waals surface area contributed by atoms with Gasteiger partial charge >= 0.3 is 10.2 Å². The largest absolute Gasteiger partial charge is 0.331 e. The molecular formula is C20H26Cl2F2N4O2S. The van der Waals surface area contributed by atoms with Gasteiger partial charge in [-0.15, -0.1) is 24.8 Å². The maximum Gasteiger partial charge on any atom is 0.331 e. The van der Waals surface area contributed by atoms with E-state index < -0.39 is 27.5 Å². The highest BCUT2D eigenvalue weighted by Crippen LogP contribution is 2.46. The first-order valence-corrected chi connectivity index (χ1v) is 11.0. The van der Waals surface area contributed by atoms with Crippen LogP contribution in [0.3, 0.4) is 0 Å². The fraction of sp³-hybridized carbons (Fsp3) is 0.400. The van der Waals surface area contributed by atoms with Crippen molar-refractivity contribution in [3.8, 4) is 0 Å². The Kier molecular flexibility index (Phi) is 8.15. The van der Waals surface area contributed by atoms with Crippen molar-refractivity contribution in [2.24, 2.45) is 0 Å². The number of rotatable bonds is 4. The van der Waals surface area contributed by atoms with Crippen LogP contribution in [0, 0.1) is 11.6 Å². The van der Waals surface area contributed by atoms with E-state index in [1.807, 2.05) is 0 Å². The molecule has 11 heteroatoms. The third-order valence-electron chi connectivity index (χ3n) is 5.27. The second-order valence-electron chi connectivity index (χ2n) is 7.63. The van der Waals surface area contributed by atoms with E-state index in [2.05, 4.69) is 24.1 Å². The summed E-state index contributed by atoms with van der Waals surface area (Å²) in [5, 5.41) is 3.44. The molecule has 2 heterocycles. The molecule has 4 rings (SSSR count). The van der Waals surface area contributed by atoms with Crippen molar-refractivity contribution in [2.45, 2.75) is 25.9 Å². The maximum atomic E-state index is 14.4. The van der Waals surface area contributed by atoms with Crippen molar-refractivity contribution >= 4 is 52.1 Å². The lowest BCUT2D eigenvalue weighted by Crippen LogP contribution is -2.55. The van der Waals surface area contributed by atoms with E-state index in [4.69, 9.17) is 0 Å². The topological polar surface area (TPSA) is 55.9 Å². The van der Waals surface area contributed by atoms with Crippen LogP contribution in [0.15, 0.2) is 42.5 Å². The molecule has 0 spiro atoms. The van der Waals surface area contributed by atoms with Gasteiger partial charge in [0, 0.05) is 38.3 Å². The van der Waals surface area contributed by atoms with Gasteiger partial charge in [0.2, 0.25) is 0 Å². The molecule has 0 unspecified atom stereocenters. The predicted molar refractivity (Wildman–Crippen MR) is 124 cm³/mol. The Hall–Kier alpha value is -1.65. The minimum absolute atomic E-state index is 0. The summed E-state index contributed by atoms with van der Waals surface area (Å²) >= 11 is 0. The molecule has 2 aliphatic heterocycles. The second kappa shape index (κ2) is 9.87. The summed E-state index contributed by atoms with van der Waals surface area (Å²) in [6.07, 6.45) is 0. The van der Waals surface area contributed by atoms with Crippen LogP contribution in [0.5, 0.6) is 0 Å². The monoisotopic (exact) mass is 494 g/mol. The lowest BCUT2D eigenvalue weighted by atomic mass is 10.1. The zero-order valence-corrected chi connectivity index (χ0v) is 19.6. The van der Waals surface area contributed by atoms with Gasteiger partial charge in [0.15, 0.2) is 11.6 Å². The molecule has 1 saturated heterocycles. The fourth-order valence-corrected chi connectivity index (χ4v) is 5.92. The number of anilines is 3. The van der Waals surface area contributed by atoms with Crippen LogP contribution in [0.4, 0.5) is 25.8 Å². The third-order valence-corrected chi connectivity index (χ3v) is 7.05. The summed E-state index contributed by atoms with van der Waals surface area (Å²) in [6.45, 7) is 6.53. The van der Waals surface area contributed by atoms with Crippen LogP contribution in [0.2, 0.25) is 0 Å². The predicted octanol–water partition coefficient (Wildman–Crippen LogP) is 3.69. The van der Waals surface area contributed by atoms with Gasteiger partial charge < -0.3 is 5.32 Å². The zero-order valence-electron chi connectivity index (χ0n) is 17.2. The zero-order chi connectivity index (χ0) is 20.8. The molecule has 0 aromatic heterocycles. The molecule has 2 aliphatic rings. The highest BCUT2D eigenvalue weighted by molar-refractivity contribution is 7.95. The van der Waals surface area contributed by atoms with Gasteiger partial charge in [-0.05, 0) is 38.1 Å². The number of nitrogens with zero attached hydrogens (tertiary/aromatic N) is 3. The molecule has 0 radical (unpaired) electrons. The number of halogens is 4.